The Kier molecular flexibility index (Phi) is 4.48. The summed E-state index contributed by atoms with van der Waals surface area (Å²) in [7, 11) is 1.51. The van der Waals surface area contributed by atoms with Gasteiger partial charge in [-0.2, -0.15) is 0 Å². The van der Waals surface area contributed by atoms with Crippen molar-refractivity contribution in [3.63, 3.8) is 0 Å². The molecule has 0 aliphatic carbocycles. The van der Waals surface area contributed by atoms with Crippen molar-refractivity contribution in [2.75, 3.05) is 7.11 Å². The Bertz CT molecular complexity index is 891. The minimum atomic E-state index is -0.391. The molecule has 1 aromatic heterocycles. The van der Waals surface area contributed by atoms with E-state index < -0.39 is 5.95 Å². The number of ether oxygens (including phenoxy) is 1. The standard InChI is InChI=1S/C17H12ClFN2O3/c1-23-15-7-2-10(18)8-13(15)16-21-14(17(22)24-16)9-20-12-5-3-11(19)4-6-12/h2-9,22H,1H3. The van der Waals surface area contributed by atoms with Crippen LogP contribution in [-0.2, 0) is 0 Å². The number of aliphatic imine (C=N–C) groups is 1. The van der Waals surface area contributed by atoms with Gasteiger partial charge in [-0.1, -0.05) is 11.6 Å². The largest absolute Gasteiger partial charge is 0.496 e. The third-order valence-corrected chi connectivity index (χ3v) is 3.42. The summed E-state index contributed by atoms with van der Waals surface area (Å²) < 4.78 is 23.4. The van der Waals surface area contributed by atoms with Crippen molar-refractivity contribution in [1.29, 1.82) is 0 Å². The zero-order chi connectivity index (χ0) is 17.1. The molecule has 3 aromatic rings. The molecule has 0 saturated carbocycles. The average Bonchev–Trinajstić information content (AvgIpc) is 2.95. The van der Waals surface area contributed by atoms with Crippen molar-refractivity contribution in [2.24, 2.45) is 4.99 Å². The lowest BCUT2D eigenvalue weighted by Gasteiger charge is -2.04. The van der Waals surface area contributed by atoms with Crippen molar-refractivity contribution in [3.05, 3.63) is 59.0 Å². The first-order chi connectivity index (χ1) is 11.6. The van der Waals surface area contributed by atoms with Crippen LogP contribution in [0.5, 0.6) is 11.7 Å². The maximum atomic E-state index is 12.9. The van der Waals surface area contributed by atoms with Crippen LogP contribution in [0.2, 0.25) is 5.02 Å². The summed E-state index contributed by atoms with van der Waals surface area (Å²) >= 11 is 5.98. The predicted octanol–water partition coefficient (Wildman–Crippen LogP) is 4.60. The Balaban J connectivity index is 1.93. The van der Waals surface area contributed by atoms with E-state index in [9.17, 15) is 9.50 Å². The molecule has 0 aliphatic rings. The van der Waals surface area contributed by atoms with Crippen LogP contribution in [0.25, 0.3) is 11.5 Å². The number of nitrogens with zero attached hydrogens (tertiary/aromatic N) is 2. The number of hydrogen-bond donors (Lipinski definition) is 1. The van der Waals surface area contributed by atoms with Crippen molar-refractivity contribution >= 4 is 23.5 Å². The first-order valence-corrected chi connectivity index (χ1v) is 7.28. The van der Waals surface area contributed by atoms with E-state index in [-0.39, 0.29) is 17.4 Å². The Morgan fingerprint density at radius 2 is 2.00 bits per heavy atom. The molecule has 2 aromatic carbocycles. The normalized spacial score (nSPS) is 11.1. The number of oxazole rings is 1. The molecule has 0 amide bonds. The van der Waals surface area contributed by atoms with E-state index in [0.29, 0.717) is 22.0 Å². The minimum absolute atomic E-state index is 0.136. The summed E-state index contributed by atoms with van der Waals surface area (Å²) in [6.45, 7) is 0. The highest BCUT2D eigenvalue weighted by atomic mass is 35.5. The molecule has 0 spiro atoms. The van der Waals surface area contributed by atoms with Crippen molar-refractivity contribution < 1.29 is 18.7 Å². The summed E-state index contributed by atoms with van der Waals surface area (Å²) in [6, 6.07) is 10.5. The van der Waals surface area contributed by atoms with E-state index in [2.05, 4.69) is 9.98 Å². The fourth-order valence-electron chi connectivity index (χ4n) is 2.03. The lowest BCUT2D eigenvalue weighted by molar-refractivity contribution is 0.336. The van der Waals surface area contributed by atoms with Gasteiger partial charge in [0.25, 0.3) is 0 Å². The molecule has 24 heavy (non-hydrogen) atoms. The topological polar surface area (TPSA) is 67.9 Å². The van der Waals surface area contributed by atoms with Gasteiger partial charge in [-0.3, -0.25) is 4.99 Å². The average molecular weight is 347 g/mol. The van der Waals surface area contributed by atoms with Gasteiger partial charge in [0.2, 0.25) is 5.89 Å². The van der Waals surface area contributed by atoms with E-state index >= 15 is 0 Å². The molecule has 5 nitrogen and oxygen atoms in total. The number of aromatic nitrogens is 1. The van der Waals surface area contributed by atoms with E-state index in [1.807, 2.05) is 0 Å². The van der Waals surface area contributed by atoms with Crippen LogP contribution in [0.4, 0.5) is 10.1 Å². The van der Waals surface area contributed by atoms with Crippen LogP contribution < -0.4 is 4.74 Å². The van der Waals surface area contributed by atoms with Crippen LogP contribution in [-0.4, -0.2) is 23.4 Å². The van der Waals surface area contributed by atoms with Gasteiger partial charge in [-0.05, 0) is 42.5 Å². The molecule has 7 heteroatoms. The van der Waals surface area contributed by atoms with Gasteiger partial charge in [0.05, 0.1) is 24.6 Å². The number of methoxy groups -OCH3 is 1. The highest BCUT2D eigenvalue weighted by Crippen LogP contribution is 2.34. The van der Waals surface area contributed by atoms with E-state index in [0.717, 1.165) is 0 Å². The molecule has 0 atom stereocenters. The molecular formula is C17H12ClFN2O3. The molecule has 0 saturated heterocycles. The third kappa shape index (κ3) is 3.38. The molecule has 0 bridgehead atoms. The quantitative estimate of drug-likeness (QED) is 0.701. The zero-order valence-corrected chi connectivity index (χ0v) is 13.3. The predicted molar refractivity (Wildman–Crippen MR) is 88.8 cm³/mol. The molecule has 0 fully saturated rings. The van der Waals surface area contributed by atoms with Crippen LogP contribution in [0.15, 0.2) is 51.9 Å². The molecule has 0 unspecified atom stereocenters. The number of benzene rings is 2. The summed E-state index contributed by atoms with van der Waals surface area (Å²) in [5.74, 6) is -0.0958. The first-order valence-electron chi connectivity index (χ1n) is 6.90. The smallest absolute Gasteiger partial charge is 0.312 e. The van der Waals surface area contributed by atoms with Crippen molar-refractivity contribution in [3.8, 4) is 23.1 Å². The summed E-state index contributed by atoms with van der Waals surface area (Å²) in [6.07, 6.45) is 1.33. The van der Waals surface area contributed by atoms with E-state index in [4.69, 9.17) is 20.8 Å². The van der Waals surface area contributed by atoms with Gasteiger partial charge in [0.1, 0.15) is 11.6 Å². The van der Waals surface area contributed by atoms with Crippen molar-refractivity contribution in [1.82, 2.24) is 4.98 Å². The van der Waals surface area contributed by atoms with Gasteiger partial charge >= 0.3 is 5.95 Å². The fraction of sp³-hybridized carbons (Fsp3) is 0.0588. The maximum Gasteiger partial charge on any atom is 0.312 e. The van der Waals surface area contributed by atoms with Crippen LogP contribution in [0.3, 0.4) is 0 Å². The van der Waals surface area contributed by atoms with Gasteiger partial charge in [-0.25, -0.2) is 9.37 Å². The molecular weight excluding hydrogens is 335 g/mol. The van der Waals surface area contributed by atoms with Gasteiger partial charge in [-0.15, -0.1) is 0 Å². The Morgan fingerprint density at radius 3 is 2.71 bits per heavy atom. The second-order valence-electron chi connectivity index (χ2n) is 4.79. The van der Waals surface area contributed by atoms with Gasteiger partial charge in [0.15, 0.2) is 5.69 Å². The third-order valence-electron chi connectivity index (χ3n) is 3.19. The summed E-state index contributed by atoms with van der Waals surface area (Å²) in [4.78, 5) is 8.30. The zero-order valence-electron chi connectivity index (χ0n) is 12.5. The van der Waals surface area contributed by atoms with Crippen molar-refractivity contribution in [2.45, 2.75) is 0 Å². The van der Waals surface area contributed by atoms with E-state index in [1.165, 1.54) is 37.6 Å². The maximum absolute atomic E-state index is 12.9. The number of halogens is 2. The molecule has 122 valence electrons. The fourth-order valence-corrected chi connectivity index (χ4v) is 2.21. The molecule has 0 aliphatic heterocycles. The molecule has 1 heterocycles. The lowest BCUT2D eigenvalue weighted by atomic mass is 10.2. The first kappa shape index (κ1) is 16.0. The summed E-state index contributed by atoms with van der Waals surface area (Å²) in [5.41, 5.74) is 1.15. The number of rotatable bonds is 4. The SMILES string of the molecule is COc1ccc(Cl)cc1-c1nc(C=Nc2ccc(F)cc2)c(O)o1. The number of aromatic hydroxyl groups is 1. The Labute approximate surface area is 142 Å². The monoisotopic (exact) mass is 346 g/mol. The second-order valence-corrected chi connectivity index (χ2v) is 5.23. The Morgan fingerprint density at radius 1 is 1.25 bits per heavy atom. The Hall–Kier alpha value is -2.86. The minimum Gasteiger partial charge on any atom is -0.496 e. The summed E-state index contributed by atoms with van der Waals surface area (Å²) in [5, 5.41) is 10.4. The van der Waals surface area contributed by atoms with Gasteiger partial charge in [0, 0.05) is 5.02 Å². The van der Waals surface area contributed by atoms with Gasteiger partial charge < -0.3 is 14.3 Å². The van der Waals surface area contributed by atoms with Crippen LogP contribution >= 0.6 is 11.6 Å². The molecule has 3 rings (SSSR count). The highest BCUT2D eigenvalue weighted by Gasteiger charge is 2.16. The van der Waals surface area contributed by atoms with Crippen LogP contribution in [0, 0.1) is 5.82 Å². The number of hydrogen-bond acceptors (Lipinski definition) is 5. The molecule has 0 radical (unpaired) electrons. The van der Waals surface area contributed by atoms with Crippen LogP contribution in [0.1, 0.15) is 5.69 Å². The lowest BCUT2D eigenvalue weighted by Crippen LogP contribution is -1.88. The van der Waals surface area contributed by atoms with E-state index in [1.54, 1.807) is 18.2 Å². The highest BCUT2D eigenvalue weighted by molar-refractivity contribution is 6.30. The molecule has 1 N–H and O–H groups in total. The second kappa shape index (κ2) is 6.72.